The SMILES string of the molecule is CS(=O)(=O)c1ccc(-c2ccc(-c3[nH]c4cc(C(=O)O)nn4c(=O)c3C3CCCCC3)cc2)cc1. The predicted octanol–water partition coefficient (Wildman–Crippen LogP) is 4.51. The number of rotatable bonds is 5. The Bertz CT molecular complexity index is 1580. The number of aromatic carboxylic acids is 1. The van der Waals surface area contributed by atoms with Gasteiger partial charge in [-0.3, -0.25) is 4.79 Å². The topological polar surface area (TPSA) is 122 Å². The predicted molar refractivity (Wildman–Crippen MR) is 133 cm³/mol. The highest BCUT2D eigenvalue weighted by atomic mass is 32.2. The van der Waals surface area contributed by atoms with Crippen LogP contribution in [0.2, 0.25) is 0 Å². The fourth-order valence-electron chi connectivity index (χ4n) is 4.87. The molecule has 0 unspecified atom stereocenters. The van der Waals surface area contributed by atoms with Gasteiger partial charge in [-0.1, -0.05) is 55.7 Å². The van der Waals surface area contributed by atoms with E-state index in [1.165, 1.54) is 12.3 Å². The highest BCUT2D eigenvalue weighted by molar-refractivity contribution is 7.90. The zero-order valence-corrected chi connectivity index (χ0v) is 20.0. The third-order valence-electron chi connectivity index (χ3n) is 6.68. The molecular formula is C26H25N3O5S. The molecule has 0 bridgehead atoms. The number of H-pyrrole nitrogens is 1. The third kappa shape index (κ3) is 4.39. The normalized spacial score (nSPS) is 14.9. The van der Waals surface area contributed by atoms with E-state index in [2.05, 4.69) is 10.1 Å². The van der Waals surface area contributed by atoms with Gasteiger partial charge in [0.15, 0.2) is 15.5 Å². The van der Waals surface area contributed by atoms with E-state index in [-0.39, 0.29) is 22.1 Å². The van der Waals surface area contributed by atoms with Gasteiger partial charge in [0.05, 0.1) is 10.6 Å². The maximum Gasteiger partial charge on any atom is 0.356 e. The highest BCUT2D eigenvalue weighted by Crippen LogP contribution is 2.36. The third-order valence-corrected chi connectivity index (χ3v) is 7.80. The molecule has 0 amide bonds. The summed E-state index contributed by atoms with van der Waals surface area (Å²) in [5, 5.41) is 13.4. The molecule has 1 aliphatic carbocycles. The van der Waals surface area contributed by atoms with Gasteiger partial charge in [0, 0.05) is 17.9 Å². The Labute approximate surface area is 202 Å². The number of hydrogen-bond acceptors (Lipinski definition) is 5. The molecule has 0 spiro atoms. The molecule has 1 saturated carbocycles. The van der Waals surface area contributed by atoms with Crippen LogP contribution in [0.25, 0.3) is 28.0 Å². The maximum absolute atomic E-state index is 13.5. The first-order valence-electron chi connectivity index (χ1n) is 11.5. The molecule has 9 heteroatoms. The lowest BCUT2D eigenvalue weighted by molar-refractivity contribution is 0.0690. The van der Waals surface area contributed by atoms with Crippen LogP contribution in [-0.4, -0.2) is 40.3 Å². The number of sulfone groups is 1. The van der Waals surface area contributed by atoms with Gasteiger partial charge in [0.2, 0.25) is 0 Å². The van der Waals surface area contributed by atoms with Crippen LogP contribution >= 0.6 is 0 Å². The van der Waals surface area contributed by atoms with Crippen molar-refractivity contribution in [2.24, 2.45) is 0 Å². The summed E-state index contributed by atoms with van der Waals surface area (Å²) in [5.74, 6) is -1.11. The largest absolute Gasteiger partial charge is 0.476 e. The number of hydrogen-bond donors (Lipinski definition) is 2. The summed E-state index contributed by atoms with van der Waals surface area (Å²) in [5.41, 5.74) is 3.80. The lowest BCUT2D eigenvalue weighted by Gasteiger charge is -2.23. The summed E-state index contributed by atoms with van der Waals surface area (Å²) in [6.45, 7) is 0. The van der Waals surface area contributed by atoms with Crippen molar-refractivity contribution in [1.82, 2.24) is 14.6 Å². The average Bonchev–Trinajstić information content (AvgIpc) is 3.29. The first kappa shape index (κ1) is 23.0. The number of aromatic nitrogens is 3. The molecule has 8 nitrogen and oxygen atoms in total. The number of carboxylic acids is 1. The number of aromatic amines is 1. The minimum Gasteiger partial charge on any atom is -0.476 e. The summed E-state index contributed by atoms with van der Waals surface area (Å²) in [7, 11) is -3.26. The zero-order valence-electron chi connectivity index (χ0n) is 19.2. The van der Waals surface area contributed by atoms with Crippen LogP contribution in [0, 0.1) is 0 Å². The second-order valence-electron chi connectivity index (χ2n) is 9.06. The Kier molecular flexibility index (Phi) is 5.80. The van der Waals surface area contributed by atoms with Crippen LogP contribution < -0.4 is 5.56 Å². The zero-order chi connectivity index (χ0) is 24.7. The van der Waals surface area contributed by atoms with Crippen LogP contribution in [0.1, 0.15) is 54.1 Å². The second kappa shape index (κ2) is 8.81. The molecule has 2 N–H and O–H groups in total. The minimum atomic E-state index is -3.26. The number of carboxylic acid groups (broad SMARTS) is 1. The van der Waals surface area contributed by atoms with Crippen molar-refractivity contribution in [3.8, 4) is 22.4 Å². The number of benzene rings is 2. The van der Waals surface area contributed by atoms with Crippen molar-refractivity contribution in [1.29, 1.82) is 0 Å². The number of fused-ring (bicyclic) bond motifs is 1. The Balaban J connectivity index is 1.60. The number of nitrogens with zero attached hydrogens (tertiary/aromatic N) is 2. The van der Waals surface area contributed by atoms with E-state index >= 15 is 0 Å². The molecule has 2 aromatic carbocycles. The molecule has 2 heterocycles. The van der Waals surface area contributed by atoms with Crippen LogP contribution in [-0.2, 0) is 9.84 Å². The van der Waals surface area contributed by atoms with E-state index < -0.39 is 15.8 Å². The van der Waals surface area contributed by atoms with Crippen molar-refractivity contribution in [3.05, 3.63) is 76.2 Å². The van der Waals surface area contributed by atoms with E-state index in [1.807, 2.05) is 24.3 Å². The van der Waals surface area contributed by atoms with E-state index in [1.54, 1.807) is 24.3 Å². The van der Waals surface area contributed by atoms with Crippen LogP contribution in [0.4, 0.5) is 0 Å². The minimum absolute atomic E-state index is 0.0765. The first-order valence-corrected chi connectivity index (χ1v) is 13.4. The number of nitrogens with one attached hydrogen (secondary N) is 1. The van der Waals surface area contributed by atoms with Gasteiger partial charge in [0.1, 0.15) is 5.65 Å². The smallest absolute Gasteiger partial charge is 0.356 e. The lowest BCUT2D eigenvalue weighted by atomic mass is 9.83. The fourth-order valence-corrected chi connectivity index (χ4v) is 5.50. The molecule has 4 aromatic rings. The molecule has 0 atom stereocenters. The molecule has 1 aliphatic rings. The van der Waals surface area contributed by atoms with Crippen molar-refractivity contribution in [3.63, 3.8) is 0 Å². The quantitative estimate of drug-likeness (QED) is 0.424. The van der Waals surface area contributed by atoms with Gasteiger partial charge in [-0.25, -0.2) is 13.2 Å². The molecule has 0 saturated heterocycles. The molecule has 35 heavy (non-hydrogen) atoms. The van der Waals surface area contributed by atoms with Gasteiger partial charge in [0.25, 0.3) is 5.56 Å². The lowest BCUT2D eigenvalue weighted by Crippen LogP contribution is -2.25. The molecule has 5 rings (SSSR count). The van der Waals surface area contributed by atoms with Crippen LogP contribution in [0.15, 0.2) is 64.3 Å². The Morgan fingerprint density at radius 1 is 0.971 bits per heavy atom. The van der Waals surface area contributed by atoms with Gasteiger partial charge in [-0.15, -0.1) is 0 Å². The van der Waals surface area contributed by atoms with Crippen LogP contribution in [0.3, 0.4) is 0 Å². The van der Waals surface area contributed by atoms with Gasteiger partial charge >= 0.3 is 5.97 Å². The average molecular weight is 492 g/mol. The molecule has 1 fully saturated rings. The van der Waals surface area contributed by atoms with Crippen LogP contribution in [0.5, 0.6) is 0 Å². The standard InChI is InChI=1S/C26H25N3O5S/c1-35(33,34)20-13-11-17(12-14-20)16-7-9-19(10-8-16)24-23(18-5-3-2-4-6-18)25(30)29-22(27-24)15-21(28-29)26(31)32/h7-15,18,27H,2-6H2,1H3,(H,31,32). The van der Waals surface area contributed by atoms with Crippen molar-refractivity contribution in [2.45, 2.75) is 42.9 Å². The van der Waals surface area contributed by atoms with Crippen molar-refractivity contribution in [2.75, 3.05) is 6.26 Å². The Morgan fingerprint density at radius 3 is 2.11 bits per heavy atom. The maximum atomic E-state index is 13.5. The Morgan fingerprint density at radius 2 is 1.54 bits per heavy atom. The number of carbonyl (C=O) groups is 1. The summed E-state index contributed by atoms with van der Waals surface area (Å²) in [6.07, 6.45) is 6.22. The first-order chi connectivity index (χ1) is 16.7. The van der Waals surface area contributed by atoms with E-state index in [4.69, 9.17) is 0 Å². The molecular weight excluding hydrogens is 466 g/mol. The van der Waals surface area contributed by atoms with Gasteiger partial charge in [-0.05, 0) is 47.6 Å². The molecule has 180 valence electrons. The molecule has 0 aliphatic heterocycles. The fraction of sp³-hybridized carbons (Fsp3) is 0.269. The monoisotopic (exact) mass is 491 g/mol. The van der Waals surface area contributed by atoms with E-state index in [0.29, 0.717) is 16.9 Å². The second-order valence-corrected chi connectivity index (χ2v) is 11.1. The summed E-state index contributed by atoms with van der Waals surface area (Å²) in [6, 6.07) is 15.8. The summed E-state index contributed by atoms with van der Waals surface area (Å²) >= 11 is 0. The summed E-state index contributed by atoms with van der Waals surface area (Å²) in [4.78, 5) is 28.5. The van der Waals surface area contributed by atoms with E-state index in [0.717, 1.165) is 53.3 Å². The van der Waals surface area contributed by atoms with E-state index in [9.17, 15) is 23.1 Å². The summed E-state index contributed by atoms with van der Waals surface area (Å²) < 4.78 is 24.6. The van der Waals surface area contributed by atoms with Gasteiger partial charge < -0.3 is 10.1 Å². The highest BCUT2D eigenvalue weighted by Gasteiger charge is 2.25. The molecule has 0 radical (unpaired) electrons. The molecule has 2 aromatic heterocycles. The van der Waals surface area contributed by atoms with Crippen molar-refractivity contribution < 1.29 is 18.3 Å². The van der Waals surface area contributed by atoms with Crippen molar-refractivity contribution >= 4 is 21.5 Å². The Hall–Kier alpha value is -3.72. The van der Waals surface area contributed by atoms with Gasteiger partial charge in [-0.2, -0.15) is 9.61 Å².